The molecule has 0 aliphatic carbocycles. The first-order valence-electron chi connectivity index (χ1n) is 6.78. The molecule has 3 aromatic rings. The molecule has 0 radical (unpaired) electrons. The van der Waals surface area contributed by atoms with Gasteiger partial charge in [0.1, 0.15) is 0 Å². The van der Waals surface area contributed by atoms with E-state index in [9.17, 15) is 0 Å². The molecule has 0 atom stereocenters. The zero-order valence-corrected chi connectivity index (χ0v) is 11.2. The second kappa shape index (κ2) is 5.72. The highest BCUT2D eigenvalue weighted by molar-refractivity contribution is 5.62. The van der Waals surface area contributed by atoms with E-state index in [1.807, 2.05) is 41.1 Å². The Morgan fingerprint density at radius 3 is 2.20 bits per heavy atom. The summed E-state index contributed by atoms with van der Waals surface area (Å²) in [6.07, 6.45) is 0.791. The van der Waals surface area contributed by atoms with E-state index in [4.69, 9.17) is 5.73 Å². The molecule has 0 aliphatic heterocycles. The average Bonchev–Trinajstić information content (AvgIpc) is 2.93. The van der Waals surface area contributed by atoms with Gasteiger partial charge < -0.3 is 5.73 Å². The Balaban J connectivity index is 2.13. The molecule has 0 spiro atoms. The van der Waals surface area contributed by atoms with Gasteiger partial charge in [0.15, 0.2) is 0 Å². The number of nitrogens with zero attached hydrogens (tertiary/aromatic N) is 2. The van der Waals surface area contributed by atoms with Crippen molar-refractivity contribution in [2.45, 2.75) is 6.42 Å². The Kier molecular flexibility index (Phi) is 3.61. The summed E-state index contributed by atoms with van der Waals surface area (Å²) < 4.78 is 1.99. The zero-order chi connectivity index (χ0) is 13.8. The molecule has 0 unspecified atom stereocenters. The zero-order valence-electron chi connectivity index (χ0n) is 11.2. The third-order valence-corrected chi connectivity index (χ3v) is 3.23. The predicted molar refractivity (Wildman–Crippen MR) is 81.8 cm³/mol. The number of aromatic nitrogens is 2. The van der Waals surface area contributed by atoms with Crippen molar-refractivity contribution in [1.82, 2.24) is 9.78 Å². The lowest BCUT2D eigenvalue weighted by molar-refractivity contribution is 0.826. The molecule has 0 saturated carbocycles. The third kappa shape index (κ3) is 2.49. The Bertz CT molecular complexity index is 615. The van der Waals surface area contributed by atoms with Crippen molar-refractivity contribution in [3.05, 3.63) is 72.4 Å². The Morgan fingerprint density at radius 2 is 1.55 bits per heavy atom. The van der Waals surface area contributed by atoms with E-state index < -0.39 is 0 Å². The molecule has 0 amide bonds. The highest BCUT2D eigenvalue weighted by atomic mass is 15.3. The van der Waals surface area contributed by atoms with Gasteiger partial charge in [-0.2, -0.15) is 5.10 Å². The molecule has 0 saturated heterocycles. The van der Waals surface area contributed by atoms with Crippen LogP contribution in [0.2, 0.25) is 0 Å². The fourth-order valence-corrected chi connectivity index (χ4v) is 2.28. The number of hydrogen-bond acceptors (Lipinski definition) is 2. The van der Waals surface area contributed by atoms with Crippen molar-refractivity contribution < 1.29 is 0 Å². The number of rotatable bonds is 4. The summed E-state index contributed by atoms with van der Waals surface area (Å²) in [5.41, 5.74) is 9.99. The van der Waals surface area contributed by atoms with Crippen molar-refractivity contribution in [1.29, 1.82) is 0 Å². The molecular formula is C17H17N3. The topological polar surface area (TPSA) is 43.8 Å². The molecule has 2 N–H and O–H groups in total. The van der Waals surface area contributed by atoms with Gasteiger partial charge in [0.2, 0.25) is 0 Å². The van der Waals surface area contributed by atoms with Crippen LogP contribution in [0.25, 0.3) is 16.9 Å². The van der Waals surface area contributed by atoms with Gasteiger partial charge in [0.25, 0.3) is 0 Å². The molecule has 100 valence electrons. The van der Waals surface area contributed by atoms with Crippen LogP contribution in [0.3, 0.4) is 0 Å². The molecule has 0 aliphatic rings. The molecule has 3 heteroatoms. The molecular weight excluding hydrogens is 246 g/mol. The van der Waals surface area contributed by atoms with Gasteiger partial charge in [0, 0.05) is 12.0 Å². The van der Waals surface area contributed by atoms with Crippen LogP contribution in [0.5, 0.6) is 0 Å². The van der Waals surface area contributed by atoms with Gasteiger partial charge in [-0.05, 0) is 24.7 Å². The minimum Gasteiger partial charge on any atom is -0.330 e. The molecule has 2 aromatic carbocycles. The summed E-state index contributed by atoms with van der Waals surface area (Å²) >= 11 is 0. The molecule has 3 rings (SSSR count). The lowest BCUT2D eigenvalue weighted by Crippen LogP contribution is -2.04. The fraction of sp³-hybridized carbons (Fsp3) is 0.118. The monoisotopic (exact) mass is 263 g/mol. The molecule has 0 fully saturated rings. The lowest BCUT2D eigenvalue weighted by atomic mass is 10.1. The second-order valence-electron chi connectivity index (χ2n) is 4.67. The maximum absolute atomic E-state index is 5.65. The number of hydrogen-bond donors (Lipinski definition) is 1. The summed E-state index contributed by atoms with van der Waals surface area (Å²) in [7, 11) is 0. The second-order valence-corrected chi connectivity index (χ2v) is 4.67. The van der Waals surface area contributed by atoms with Crippen LogP contribution in [-0.2, 0) is 6.42 Å². The van der Waals surface area contributed by atoms with Gasteiger partial charge in [-0.1, -0.05) is 48.5 Å². The normalized spacial score (nSPS) is 10.7. The minimum absolute atomic E-state index is 0.611. The van der Waals surface area contributed by atoms with Crippen molar-refractivity contribution in [2.75, 3.05) is 6.54 Å². The Labute approximate surface area is 118 Å². The molecule has 3 nitrogen and oxygen atoms in total. The molecule has 1 aromatic heterocycles. The summed E-state index contributed by atoms with van der Waals surface area (Å²) in [5, 5.41) is 4.68. The number of benzene rings is 2. The smallest absolute Gasteiger partial charge is 0.0743 e. The van der Waals surface area contributed by atoms with E-state index in [1.165, 1.54) is 0 Å². The maximum Gasteiger partial charge on any atom is 0.0743 e. The lowest BCUT2D eigenvalue weighted by Gasteiger charge is -2.07. The van der Waals surface area contributed by atoms with Crippen molar-refractivity contribution >= 4 is 0 Å². The maximum atomic E-state index is 5.65. The van der Waals surface area contributed by atoms with Gasteiger partial charge in [-0.3, -0.25) is 0 Å². The molecule has 20 heavy (non-hydrogen) atoms. The van der Waals surface area contributed by atoms with Crippen LogP contribution in [0.1, 0.15) is 5.69 Å². The van der Waals surface area contributed by atoms with E-state index >= 15 is 0 Å². The summed E-state index contributed by atoms with van der Waals surface area (Å²) in [5.74, 6) is 0. The largest absolute Gasteiger partial charge is 0.330 e. The van der Waals surface area contributed by atoms with E-state index in [0.29, 0.717) is 6.54 Å². The highest BCUT2D eigenvalue weighted by Gasteiger charge is 2.10. The highest BCUT2D eigenvalue weighted by Crippen LogP contribution is 2.23. The molecule has 0 bridgehead atoms. The van der Waals surface area contributed by atoms with E-state index in [-0.39, 0.29) is 0 Å². The summed E-state index contributed by atoms with van der Waals surface area (Å²) in [6.45, 7) is 0.611. The van der Waals surface area contributed by atoms with Gasteiger partial charge >= 0.3 is 0 Å². The Morgan fingerprint density at radius 1 is 0.900 bits per heavy atom. The van der Waals surface area contributed by atoms with Gasteiger partial charge in [0.05, 0.1) is 17.1 Å². The standard InChI is InChI=1S/C17H17N3/c18-12-11-15-13-17(14-7-3-1-4-8-14)20(19-15)16-9-5-2-6-10-16/h1-10,13H,11-12,18H2. The van der Waals surface area contributed by atoms with Crippen molar-refractivity contribution in [3.8, 4) is 16.9 Å². The minimum atomic E-state index is 0.611. The number of nitrogens with two attached hydrogens (primary N) is 1. The van der Waals surface area contributed by atoms with Crippen LogP contribution in [0, 0.1) is 0 Å². The van der Waals surface area contributed by atoms with Gasteiger partial charge in [-0.25, -0.2) is 4.68 Å². The van der Waals surface area contributed by atoms with Crippen molar-refractivity contribution in [2.24, 2.45) is 5.73 Å². The average molecular weight is 263 g/mol. The summed E-state index contributed by atoms with van der Waals surface area (Å²) in [6, 6.07) is 22.6. The van der Waals surface area contributed by atoms with Crippen LogP contribution < -0.4 is 5.73 Å². The van der Waals surface area contributed by atoms with Crippen LogP contribution in [0.15, 0.2) is 66.7 Å². The fourth-order valence-electron chi connectivity index (χ4n) is 2.28. The van der Waals surface area contributed by atoms with E-state index in [0.717, 1.165) is 29.1 Å². The van der Waals surface area contributed by atoms with Crippen molar-refractivity contribution in [3.63, 3.8) is 0 Å². The first-order valence-corrected chi connectivity index (χ1v) is 6.78. The van der Waals surface area contributed by atoms with E-state index in [1.54, 1.807) is 0 Å². The SMILES string of the molecule is NCCc1cc(-c2ccccc2)n(-c2ccccc2)n1. The quantitative estimate of drug-likeness (QED) is 0.786. The van der Waals surface area contributed by atoms with E-state index in [2.05, 4.69) is 35.4 Å². The van der Waals surface area contributed by atoms with Crippen LogP contribution in [-0.4, -0.2) is 16.3 Å². The van der Waals surface area contributed by atoms with Gasteiger partial charge in [-0.15, -0.1) is 0 Å². The first kappa shape index (κ1) is 12.6. The predicted octanol–water partition coefficient (Wildman–Crippen LogP) is 3.04. The third-order valence-electron chi connectivity index (χ3n) is 3.23. The van der Waals surface area contributed by atoms with Crippen LogP contribution >= 0.6 is 0 Å². The summed E-state index contributed by atoms with van der Waals surface area (Å²) in [4.78, 5) is 0. The first-order chi connectivity index (χ1) is 9.88. The van der Waals surface area contributed by atoms with Crippen LogP contribution in [0.4, 0.5) is 0 Å². The number of para-hydroxylation sites is 1. The Hall–Kier alpha value is -2.39. The molecule has 1 heterocycles.